The van der Waals surface area contributed by atoms with Crippen molar-refractivity contribution >= 4 is 34.2 Å². The highest BCUT2D eigenvalue weighted by Gasteiger charge is 2.16. The normalized spacial score (nSPS) is 10.4. The molecule has 0 aliphatic carbocycles. The number of phenols is 1. The second kappa shape index (κ2) is 4.97. The molecule has 0 aliphatic rings. The number of amides is 1. The van der Waals surface area contributed by atoms with E-state index in [1.165, 1.54) is 6.07 Å². The van der Waals surface area contributed by atoms with E-state index in [9.17, 15) is 9.90 Å². The quantitative estimate of drug-likeness (QED) is 0.811. The first-order chi connectivity index (χ1) is 8.50. The van der Waals surface area contributed by atoms with Gasteiger partial charge in [-0.15, -0.1) is 0 Å². The molecule has 1 aromatic heterocycles. The molecule has 0 bridgehead atoms. The molecule has 0 saturated carbocycles. The summed E-state index contributed by atoms with van der Waals surface area (Å²) >= 11 is 2.02. The van der Waals surface area contributed by atoms with E-state index < -0.39 is 0 Å². The molecule has 2 rings (SSSR count). The molecular weight excluding hydrogens is 345 g/mol. The van der Waals surface area contributed by atoms with Crippen LogP contribution in [0, 0.1) is 10.5 Å². The molecule has 6 heteroatoms. The standard InChI is InChI=1S/C12H12IN3O2/c1-7-9(6-14-16(7)2)15-12(18)11-8(13)4-3-5-10(11)17/h3-6,17H,1-2H3,(H,15,18). The number of anilines is 1. The van der Waals surface area contributed by atoms with Crippen LogP contribution in [0.15, 0.2) is 24.4 Å². The first-order valence-corrected chi connectivity index (χ1v) is 6.36. The molecule has 1 aromatic carbocycles. The number of benzene rings is 1. The molecular formula is C12H12IN3O2. The Morgan fingerprint density at radius 2 is 2.22 bits per heavy atom. The van der Waals surface area contributed by atoms with Crippen LogP contribution in [-0.2, 0) is 7.05 Å². The van der Waals surface area contributed by atoms with Crippen LogP contribution in [-0.4, -0.2) is 20.8 Å². The van der Waals surface area contributed by atoms with Crippen molar-refractivity contribution in [2.24, 2.45) is 7.05 Å². The van der Waals surface area contributed by atoms with Crippen LogP contribution in [0.1, 0.15) is 16.1 Å². The summed E-state index contributed by atoms with van der Waals surface area (Å²) in [5.74, 6) is -0.366. The molecule has 1 amide bonds. The van der Waals surface area contributed by atoms with Gasteiger partial charge in [0.25, 0.3) is 5.91 Å². The molecule has 0 atom stereocenters. The van der Waals surface area contributed by atoms with Crippen molar-refractivity contribution in [3.8, 4) is 5.75 Å². The number of phenolic OH excluding ortho intramolecular Hbond substituents is 1. The Kier molecular flexibility index (Phi) is 3.55. The highest BCUT2D eigenvalue weighted by Crippen LogP contribution is 2.24. The van der Waals surface area contributed by atoms with Gasteiger partial charge < -0.3 is 10.4 Å². The number of carbonyl (C=O) groups is 1. The van der Waals surface area contributed by atoms with E-state index in [2.05, 4.69) is 10.4 Å². The number of hydrogen-bond acceptors (Lipinski definition) is 3. The monoisotopic (exact) mass is 357 g/mol. The fourth-order valence-corrected chi connectivity index (χ4v) is 2.27. The van der Waals surface area contributed by atoms with Gasteiger partial charge >= 0.3 is 0 Å². The van der Waals surface area contributed by atoms with E-state index in [1.807, 2.05) is 29.5 Å². The SMILES string of the molecule is Cc1c(NC(=O)c2c(O)cccc2I)cnn1C. The van der Waals surface area contributed by atoms with Crippen LogP contribution in [0.4, 0.5) is 5.69 Å². The zero-order valence-electron chi connectivity index (χ0n) is 9.94. The lowest BCUT2D eigenvalue weighted by Crippen LogP contribution is -2.14. The van der Waals surface area contributed by atoms with Crippen LogP contribution < -0.4 is 5.32 Å². The molecule has 0 unspecified atom stereocenters. The molecule has 2 aromatic rings. The summed E-state index contributed by atoms with van der Waals surface area (Å²) in [5, 5.41) is 16.5. The fraction of sp³-hybridized carbons (Fsp3) is 0.167. The van der Waals surface area contributed by atoms with Gasteiger partial charge in [0, 0.05) is 10.6 Å². The highest BCUT2D eigenvalue weighted by atomic mass is 127. The van der Waals surface area contributed by atoms with Crippen molar-refractivity contribution < 1.29 is 9.90 Å². The van der Waals surface area contributed by atoms with E-state index in [4.69, 9.17) is 0 Å². The molecule has 0 aliphatic heterocycles. The average Bonchev–Trinajstić information content (AvgIpc) is 2.61. The predicted octanol–water partition coefficient (Wildman–Crippen LogP) is 2.29. The first-order valence-electron chi connectivity index (χ1n) is 5.28. The Bertz CT molecular complexity index is 587. The summed E-state index contributed by atoms with van der Waals surface area (Å²) in [7, 11) is 1.80. The lowest BCUT2D eigenvalue weighted by atomic mass is 10.2. The van der Waals surface area contributed by atoms with E-state index >= 15 is 0 Å². The van der Waals surface area contributed by atoms with Gasteiger partial charge in [0.15, 0.2) is 0 Å². The summed E-state index contributed by atoms with van der Waals surface area (Å²) in [5.41, 5.74) is 1.77. The number of rotatable bonds is 2. The Hall–Kier alpha value is -1.57. The lowest BCUT2D eigenvalue weighted by molar-refractivity contribution is 0.102. The number of hydrogen-bond donors (Lipinski definition) is 2. The van der Waals surface area contributed by atoms with Crippen LogP contribution in [0.5, 0.6) is 5.75 Å². The van der Waals surface area contributed by atoms with Crippen LogP contribution >= 0.6 is 22.6 Å². The Morgan fingerprint density at radius 1 is 1.50 bits per heavy atom. The Labute approximate surface area is 118 Å². The second-order valence-electron chi connectivity index (χ2n) is 3.86. The molecule has 5 nitrogen and oxygen atoms in total. The van der Waals surface area contributed by atoms with Gasteiger partial charge in [-0.2, -0.15) is 5.10 Å². The third-order valence-corrected chi connectivity index (χ3v) is 3.60. The number of nitrogens with one attached hydrogen (secondary N) is 1. The number of aromatic hydroxyl groups is 1. The maximum absolute atomic E-state index is 12.1. The molecule has 1 heterocycles. The van der Waals surface area contributed by atoms with Gasteiger partial charge in [0.05, 0.1) is 23.1 Å². The van der Waals surface area contributed by atoms with Crippen LogP contribution in [0.3, 0.4) is 0 Å². The zero-order valence-corrected chi connectivity index (χ0v) is 12.1. The van der Waals surface area contributed by atoms with Crippen molar-refractivity contribution in [2.45, 2.75) is 6.92 Å². The maximum atomic E-state index is 12.1. The molecule has 94 valence electrons. The van der Waals surface area contributed by atoms with Gasteiger partial charge in [-0.25, -0.2) is 0 Å². The summed E-state index contributed by atoms with van der Waals surface area (Å²) in [6, 6.07) is 4.96. The van der Waals surface area contributed by atoms with Gasteiger partial charge in [0.2, 0.25) is 0 Å². The number of nitrogens with zero attached hydrogens (tertiary/aromatic N) is 2. The first kappa shape index (κ1) is 12.9. The van der Waals surface area contributed by atoms with E-state index in [0.717, 1.165) is 5.69 Å². The topological polar surface area (TPSA) is 67.2 Å². The van der Waals surface area contributed by atoms with Crippen molar-refractivity contribution in [1.29, 1.82) is 0 Å². The maximum Gasteiger partial charge on any atom is 0.260 e. The summed E-state index contributed by atoms with van der Waals surface area (Å²) in [6.07, 6.45) is 1.58. The number of halogens is 1. The van der Waals surface area contributed by atoms with Gasteiger partial charge in [-0.1, -0.05) is 6.07 Å². The number of aromatic nitrogens is 2. The van der Waals surface area contributed by atoms with Gasteiger partial charge in [0.1, 0.15) is 5.75 Å². The zero-order chi connectivity index (χ0) is 13.3. The second-order valence-corrected chi connectivity index (χ2v) is 5.02. The average molecular weight is 357 g/mol. The van der Waals surface area contributed by atoms with Gasteiger partial charge in [-0.3, -0.25) is 9.48 Å². The molecule has 18 heavy (non-hydrogen) atoms. The number of carbonyl (C=O) groups excluding carboxylic acids is 1. The summed E-state index contributed by atoms with van der Waals surface area (Å²) < 4.78 is 2.37. The Balaban J connectivity index is 2.31. The summed E-state index contributed by atoms with van der Waals surface area (Å²) in [6.45, 7) is 1.86. The minimum Gasteiger partial charge on any atom is -0.507 e. The fourth-order valence-electron chi connectivity index (χ4n) is 1.54. The van der Waals surface area contributed by atoms with Crippen molar-refractivity contribution in [2.75, 3.05) is 5.32 Å². The minimum absolute atomic E-state index is 0.0269. The molecule has 0 fully saturated rings. The van der Waals surface area contributed by atoms with Crippen molar-refractivity contribution in [3.63, 3.8) is 0 Å². The lowest BCUT2D eigenvalue weighted by Gasteiger charge is -2.08. The van der Waals surface area contributed by atoms with Gasteiger partial charge in [-0.05, 0) is 41.6 Å². The molecule has 0 radical (unpaired) electrons. The largest absolute Gasteiger partial charge is 0.507 e. The van der Waals surface area contributed by atoms with E-state index in [-0.39, 0.29) is 17.2 Å². The molecule has 2 N–H and O–H groups in total. The molecule has 0 spiro atoms. The third kappa shape index (κ3) is 2.33. The minimum atomic E-state index is -0.339. The third-order valence-electron chi connectivity index (χ3n) is 2.70. The van der Waals surface area contributed by atoms with Crippen molar-refractivity contribution in [1.82, 2.24) is 9.78 Å². The van der Waals surface area contributed by atoms with Crippen LogP contribution in [0.25, 0.3) is 0 Å². The van der Waals surface area contributed by atoms with E-state index in [0.29, 0.717) is 9.26 Å². The number of aryl methyl sites for hydroxylation is 1. The molecule has 0 saturated heterocycles. The van der Waals surface area contributed by atoms with Crippen LogP contribution in [0.2, 0.25) is 0 Å². The smallest absolute Gasteiger partial charge is 0.260 e. The highest BCUT2D eigenvalue weighted by molar-refractivity contribution is 14.1. The van der Waals surface area contributed by atoms with Crippen molar-refractivity contribution in [3.05, 3.63) is 39.2 Å². The summed E-state index contributed by atoms with van der Waals surface area (Å²) in [4.78, 5) is 12.1. The predicted molar refractivity (Wildman–Crippen MR) is 76.7 cm³/mol. The Morgan fingerprint density at radius 3 is 2.78 bits per heavy atom. The van der Waals surface area contributed by atoms with E-state index in [1.54, 1.807) is 30.1 Å².